The van der Waals surface area contributed by atoms with Crippen molar-refractivity contribution in [2.24, 2.45) is 5.10 Å². The molecule has 1 aromatic heterocycles. The fourth-order valence-electron chi connectivity index (χ4n) is 1.85. The van der Waals surface area contributed by atoms with Crippen LogP contribution in [0.1, 0.15) is 23.0 Å². The number of furan rings is 1. The fourth-order valence-corrected chi connectivity index (χ4v) is 1.85. The third-order valence-corrected chi connectivity index (χ3v) is 2.85. The largest absolute Gasteiger partial charge is 0.493 e. The van der Waals surface area contributed by atoms with E-state index in [0.29, 0.717) is 17.1 Å². The third kappa shape index (κ3) is 4.13. The Kier molecular flexibility index (Phi) is 5.56. The highest BCUT2D eigenvalue weighted by Gasteiger charge is 2.15. The van der Waals surface area contributed by atoms with Crippen LogP contribution in [-0.2, 0) is 4.79 Å². The number of carbonyl (C=O) groups excluding carboxylic acids is 2. The quantitative estimate of drug-likeness (QED) is 0.376. The molecule has 2 aromatic rings. The second-order valence-corrected chi connectivity index (χ2v) is 4.52. The zero-order chi connectivity index (χ0) is 17.5. The molecule has 1 amide bonds. The van der Waals surface area contributed by atoms with Gasteiger partial charge in [-0.05, 0) is 24.3 Å². The molecule has 1 N–H and O–H groups in total. The van der Waals surface area contributed by atoms with Gasteiger partial charge in [-0.15, -0.1) is 0 Å². The SMILES string of the molecule is COc1cc(C=NNC(=O)c2ccco2)cc(OC)c1OC(C)=O. The lowest BCUT2D eigenvalue weighted by Gasteiger charge is -2.13. The lowest BCUT2D eigenvalue weighted by Crippen LogP contribution is -2.16. The molecule has 1 heterocycles. The van der Waals surface area contributed by atoms with Crippen molar-refractivity contribution in [2.45, 2.75) is 6.92 Å². The maximum Gasteiger partial charge on any atom is 0.308 e. The summed E-state index contributed by atoms with van der Waals surface area (Å²) in [7, 11) is 2.86. The minimum atomic E-state index is -0.501. The Morgan fingerprint density at radius 3 is 2.38 bits per heavy atom. The van der Waals surface area contributed by atoms with E-state index in [2.05, 4.69) is 10.5 Å². The Labute approximate surface area is 138 Å². The summed E-state index contributed by atoms with van der Waals surface area (Å²) in [6, 6.07) is 6.29. The maximum absolute atomic E-state index is 11.7. The highest BCUT2D eigenvalue weighted by Crippen LogP contribution is 2.38. The summed E-state index contributed by atoms with van der Waals surface area (Å²) in [5.74, 6) is -0.0750. The first-order valence-electron chi connectivity index (χ1n) is 6.86. The monoisotopic (exact) mass is 332 g/mol. The molecule has 0 spiro atoms. The summed E-state index contributed by atoms with van der Waals surface area (Å²) in [6.45, 7) is 1.28. The summed E-state index contributed by atoms with van der Waals surface area (Å²) in [5.41, 5.74) is 2.89. The lowest BCUT2D eigenvalue weighted by molar-refractivity contribution is -0.132. The van der Waals surface area contributed by atoms with Crippen molar-refractivity contribution in [1.82, 2.24) is 5.43 Å². The number of nitrogens with one attached hydrogen (secondary N) is 1. The van der Waals surface area contributed by atoms with Crippen molar-refractivity contribution in [1.29, 1.82) is 0 Å². The molecule has 0 aliphatic rings. The normalized spacial score (nSPS) is 10.5. The molecule has 0 unspecified atom stereocenters. The average molecular weight is 332 g/mol. The summed E-state index contributed by atoms with van der Waals surface area (Å²) >= 11 is 0. The number of esters is 1. The van der Waals surface area contributed by atoms with Crippen molar-refractivity contribution in [3.8, 4) is 17.2 Å². The van der Waals surface area contributed by atoms with Gasteiger partial charge in [-0.3, -0.25) is 9.59 Å². The van der Waals surface area contributed by atoms with Gasteiger partial charge < -0.3 is 18.6 Å². The topological polar surface area (TPSA) is 99.4 Å². The van der Waals surface area contributed by atoms with Crippen LogP contribution in [0.5, 0.6) is 17.2 Å². The number of amides is 1. The first-order valence-corrected chi connectivity index (χ1v) is 6.86. The minimum absolute atomic E-state index is 0.146. The maximum atomic E-state index is 11.7. The average Bonchev–Trinajstić information content (AvgIpc) is 3.09. The number of rotatable bonds is 6. The van der Waals surface area contributed by atoms with Gasteiger partial charge in [0.1, 0.15) is 0 Å². The highest BCUT2D eigenvalue weighted by molar-refractivity contribution is 5.92. The molecule has 0 aliphatic carbocycles. The zero-order valence-electron chi connectivity index (χ0n) is 13.4. The molecule has 2 rings (SSSR count). The van der Waals surface area contributed by atoms with Gasteiger partial charge in [-0.2, -0.15) is 5.10 Å². The molecule has 0 saturated heterocycles. The fraction of sp³-hybridized carbons (Fsp3) is 0.188. The molecule has 0 aliphatic heterocycles. The van der Waals surface area contributed by atoms with E-state index in [1.165, 1.54) is 39.7 Å². The van der Waals surface area contributed by atoms with Crippen LogP contribution in [0.3, 0.4) is 0 Å². The highest BCUT2D eigenvalue weighted by atomic mass is 16.6. The van der Waals surface area contributed by atoms with Crippen LogP contribution in [0.4, 0.5) is 0 Å². The van der Waals surface area contributed by atoms with Gasteiger partial charge in [0.05, 0.1) is 26.7 Å². The minimum Gasteiger partial charge on any atom is -0.493 e. The number of hydrogen-bond acceptors (Lipinski definition) is 7. The van der Waals surface area contributed by atoms with Crippen molar-refractivity contribution < 1.29 is 28.2 Å². The van der Waals surface area contributed by atoms with E-state index < -0.39 is 11.9 Å². The van der Waals surface area contributed by atoms with Crippen molar-refractivity contribution in [3.05, 3.63) is 41.9 Å². The molecule has 0 radical (unpaired) electrons. The van der Waals surface area contributed by atoms with Gasteiger partial charge in [-0.1, -0.05) is 0 Å². The standard InChI is InChI=1S/C16H16N2O6/c1-10(19)24-15-13(21-2)7-11(8-14(15)22-3)9-17-18-16(20)12-5-4-6-23-12/h4-9H,1-3H3,(H,18,20). The molecule has 8 heteroatoms. The van der Waals surface area contributed by atoms with Crippen LogP contribution in [0, 0.1) is 0 Å². The van der Waals surface area contributed by atoms with E-state index >= 15 is 0 Å². The predicted molar refractivity (Wildman–Crippen MR) is 84.6 cm³/mol. The van der Waals surface area contributed by atoms with E-state index in [0.717, 1.165) is 0 Å². The molecule has 126 valence electrons. The molecule has 8 nitrogen and oxygen atoms in total. The zero-order valence-corrected chi connectivity index (χ0v) is 13.4. The summed E-state index contributed by atoms with van der Waals surface area (Å²) < 4.78 is 20.4. The molecule has 1 aromatic carbocycles. The molecular weight excluding hydrogens is 316 g/mol. The smallest absolute Gasteiger partial charge is 0.308 e. The van der Waals surface area contributed by atoms with Crippen LogP contribution in [0.25, 0.3) is 0 Å². The van der Waals surface area contributed by atoms with E-state index in [9.17, 15) is 9.59 Å². The summed E-state index contributed by atoms with van der Waals surface area (Å²) in [4.78, 5) is 22.9. The summed E-state index contributed by atoms with van der Waals surface area (Å²) in [6.07, 6.45) is 2.78. The van der Waals surface area contributed by atoms with Gasteiger partial charge >= 0.3 is 11.9 Å². The van der Waals surface area contributed by atoms with Crippen molar-refractivity contribution in [2.75, 3.05) is 14.2 Å². The Bertz CT molecular complexity index is 727. The predicted octanol–water partition coefficient (Wildman–Crippen LogP) is 1.99. The number of benzene rings is 1. The van der Waals surface area contributed by atoms with E-state index in [1.54, 1.807) is 18.2 Å². The number of methoxy groups -OCH3 is 2. The molecule has 0 fully saturated rings. The van der Waals surface area contributed by atoms with Gasteiger partial charge in [0.2, 0.25) is 5.75 Å². The molecular formula is C16H16N2O6. The van der Waals surface area contributed by atoms with Crippen molar-refractivity contribution in [3.63, 3.8) is 0 Å². The number of carbonyl (C=O) groups is 2. The Morgan fingerprint density at radius 2 is 1.88 bits per heavy atom. The first-order chi connectivity index (χ1) is 11.5. The van der Waals surface area contributed by atoms with Crippen LogP contribution >= 0.6 is 0 Å². The Balaban J connectivity index is 2.19. The van der Waals surface area contributed by atoms with Crippen molar-refractivity contribution >= 4 is 18.1 Å². The second kappa shape index (κ2) is 7.82. The first kappa shape index (κ1) is 17.1. The Hall–Kier alpha value is -3.29. The molecule has 0 atom stereocenters. The number of hydrogen-bond donors (Lipinski definition) is 1. The van der Waals surface area contributed by atoms with Crippen LogP contribution < -0.4 is 19.6 Å². The van der Waals surface area contributed by atoms with Gasteiger partial charge in [-0.25, -0.2) is 5.43 Å². The molecule has 24 heavy (non-hydrogen) atoms. The van der Waals surface area contributed by atoms with Gasteiger partial charge in [0, 0.05) is 12.5 Å². The van der Waals surface area contributed by atoms with Gasteiger partial charge in [0.15, 0.2) is 17.3 Å². The van der Waals surface area contributed by atoms with Gasteiger partial charge in [0.25, 0.3) is 0 Å². The number of ether oxygens (including phenoxy) is 3. The van der Waals surface area contributed by atoms with E-state index in [1.807, 2.05) is 0 Å². The van der Waals surface area contributed by atoms with Crippen LogP contribution in [0.15, 0.2) is 40.0 Å². The van der Waals surface area contributed by atoms with Crippen LogP contribution in [0.2, 0.25) is 0 Å². The molecule has 0 bridgehead atoms. The third-order valence-electron chi connectivity index (χ3n) is 2.85. The van der Waals surface area contributed by atoms with Crippen LogP contribution in [-0.4, -0.2) is 32.3 Å². The second-order valence-electron chi connectivity index (χ2n) is 4.52. The number of nitrogens with zero attached hydrogens (tertiary/aromatic N) is 1. The summed E-state index contributed by atoms with van der Waals surface area (Å²) in [5, 5.41) is 3.84. The molecule has 0 saturated carbocycles. The van der Waals surface area contributed by atoms with E-state index in [4.69, 9.17) is 18.6 Å². The lowest BCUT2D eigenvalue weighted by atomic mass is 10.2. The van der Waals surface area contributed by atoms with E-state index in [-0.39, 0.29) is 11.5 Å². The number of hydrazone groups is 1. The Morgan fingerprint density at radius 1 is 1.21 bits per heavy atom.